The number of thiazole rings is 1. The number of nitrogens with one attached hydrogen (secondary N) is 1. The van der Waals surface area contributed by atoms with Gasteiger partial charge in [0.2, 0.25) is 0 Å². The first-order valence-corrected chi connectivity index (χ1v) is 7.29. The number of nitrogens with zero attached hydrogens (tertiary/aromatic N) is 1. The lowest BCUT2D eigenvalue weighted by atomic mass is 10.2. The molecule has 4 nitrogen and oxygen atoms in total. The number of aromatic nitrogens is 1. The van der Waals surface area contributed by atoms with Crippen molar-refractivity contribution in [3.8, 4) is 11.3 Å². The number of carbonyl (C=O) groups excluding carboxylic acids is 1. The summed E-state index contributed by atoms with van der Waals surface area (Å²) < 4.78 is 5.18. The second kappa shape index (κ2) is 6.05. The third-order valence-corrected chi connectivity index (χ3v) is 3.25. The van der Waals surface area contributed by atoms with Gasteiger partial charge in [0.05, 0.1) is 12.2 Å². The van der Waals surface area contributed by atoms with Gasteiger partial charge in [0.15, 0.2) is 0 Å². The summed E-state index contributed by atoms with van der Waals surface area (Å²) in [5, 5.41) is 5.55. The number of ether oxygens (including phenoxy) is 1. The van der Waals surface area contributed by atoms with Crippen LogP contribution in [-0.2, 0) is 11.3 Å². The van der Waals surface area contributed by atoms with Crippen molar-refractivity contribution in [1.29, 1.82) is 0 Å². The van der Waals surface area contributed by atoms with Gasteiger partial charge >= 0.3 is 6.09 Å². The second-order valence-electron chi connectivity index (χ2n) is 5.35. The quantitative estimate of drug-likeness (QED) is 0.934. The maximum Gasteiger partial charge on any atom is 0.408 e. The first kappa shape index (κ1) is 14.5. The fourth-order valence-corrected chi connectivity index (χ4v) is 2.34. The maximum absolute atomic E-state index is 11.6. The largest absolute Gasteiger partial charge is 0.444 e. The number of amides is 1. The van der Waals surface area contributed by atoms with Crippen molar-refractivity contribution < 1.29 is 9.53 Å². The zero-order valence-electron chi connectivity index (χ0n) is 11.8. The van der Waals surface area contributed by atoms with Crippen LogP contribution in [0.1, 0.15) is 25.8 Å². The first-order valence-electron chi connectivity index (χ1n) is 6.41. The van der Waals surface area contributed by atoms with Crippen molar-refractivity contribution in [1.82, 2.24) is 10.3 Å². The molecule has 0 spiro atoms. The Morgan fingerprint density at radius 2 is 2.00 bits per heavy atom. The van der Waals surface area contributed by atoms with Gasteiger partial charge in [0.1, 0.15) is 10.6 Å². The molecule has 0 saturated carbocycles. The Bertz CT molecular complexity index is 573. The number of hydrogen-bond acceptors (Lipinski definition) is 4. The summed E-state index contributed by atoms with van der Waals surface area (Å²) in [6, 6.07) is 9.96. The average Bonchev–Trinajstić information content (AvgIpc) is 2.84. The zero-order chi connectivity index (χ0) is 14.6. The SMILES string of the molecule is CC(C)(C)OC(=O)NCc1nc(-c2ccccc2)cs1. The standard InChI is InChI=1S/C15H18N2O2S/c1-15(2,3)19-14(18)16-9-13-17-12(10-20-13)11-7-5-4-6-8-11/h4-8,10H,9H2,1-3H3,(H,16,18). The minimum Gasteiger partial charge on any atom is -0.444 e. The predicted molar refractivity (Wildman–Crippen MR) is 80.6 cm³/mol. The summed E-state index contributed by atoms with van der Waals surface area (Å²) in [6.07, 6.45) is -0.422. The van der Waals surface area contributed by atoms with Crippen LogP contribution in [0.25, 0.3) is 11.3 Å². The van der Waals surface area contributed by atoms with Gasteiger partial charge in [-0.1, -0.05) is 30.3 Å². The lowest BCUT2D eigenvalue weighted by molar-refractivity contribution is 0.0523. The molecule has 1 aromatic carbocycles. The Morgan fingerprint density at radius 3 is 2.65 bits per heavy atom. The third kappa shape index (κ3) is 4.35. The van der Waals surface area contributed by atoms with Gasteiger partial charge in [-0.15, -0.1) is 11.3 Å². The minimum absolute atomic E-state index is 0.381. The predicted octanol–water partition coefficient (Wildman–Crippen LogP) is 3.83. The Hall–Kier alpha value is -1.88. The van der Waals surface area contributed by atoms with E-state index >= 15 is 0 Å². The van der Waals surface area contributed by atoms with Gasteiger partial charge < -0.3 is 10.1 Å². The molecule has 0 bridgehead atoms. The molecule has 5 heteroatoms. The molecule has 0 aliphatic rings. The summed E-state index contributed by atoms with van der Waals surface area (Å²) in [5.41, 5.74) is 1.52. The number of carbonyl (C=O) groups is 1. The number of rotatable bonds is 3. The fourth-order valence-electron chi connectivity index (χ4n) is 1.60. The summed E-state index contributed by atoms with van der Waals surface area (Å²) in [5.74, 6) is 0. The zero-order valence-corrected chi connectivity index (χ0v) is 12.7. The van der Waals surface area contributed by atoms with Crippen molar-refractivity contribution in [3.63, 3.8) is 0 Å². The van der Waals surface area contributed by atoms with Crippen LogP contribution >= 0.6 is 11.3 Å². The third-order valence-electron chi connectivity index (χ3n) is 2.40. The smallest absolute Gasteiger partial charge is 0.408 e. The molecule has 20 heavy (non-hydrogen) atoms. The lowest BCUT2D eigenvalue weighted by Crippen LogP contribution is -2.32. The summed E-state index contributed by atoms with van der Waals surface area (Å²) in [6.45, 7) is 5.89. The highest BCUT2D eigenvalue weighted by atomic mass is 32.1. The van der Waals surface area contributed by atoms with Crippen molar-refractivity contribution >= 4 is 17.4 Å². The first-order chi connectivity index (χ1) is 9.44. The van der Waals surface area contributed by atoms with Crippen LogP contribution < -0.4 is 5.32 Å². The van der Waals surface area contributed by atoms with E-state index in [2.05, 4.69) is 10.3 Å². The van der Waals surface area contributed by atoms with E-state index in [1.165, 1.54) is 11.3 Å². The van der Waals surface area contributed by atoms with E-state index in [1.807, 2.05) is 56.5 Å². The lowest BCUT2D eigenvalue weighted by Gasteiger charge is -2.19. The van der Waals surface area contributed by atoms with Crippen LogP contribution in [0.3, 0.4) is 0 Å². The highest BCUT2D eigenvalue weighted by molar-refractivity contribution is 7.09. The number of hydrogen-bond donors (Lipinski definition) is 1. The molecule has 106 valence electrons. The van der Waals surface area contributed by atoms with E-state index in [0.717, 1.165) is 16.3 Å². The molecule has 0 saturated heterocycles. The molecule has 2 rings (SSSR count). The van der Waals surface area contributed by atoms with Crippen LogP contribution in [-0.4, -0.2) is 16.7 Å². The van der Waals surface area contributed by atoms with Crippen LogP contribution in [0.2, 0.25) is 0 Å². The Balaban J connectivity index is 1.92. The minimum atomic E-state index is -0.484. The van der Waals surface area contributed by atoms with Crippen molar-refractivity contribution in [2.75, 3.05) is 0 Å². The molecule has 0 radical (unpaired) electrons. The number of benzene rings is 1. The van der Waals surface area contributed by atoms with Gasteiger partial charge in [-0.2, -0.15) is 0 Å². The Morgan fingerprint density at radius 1 is 1.30 bits per heavy atom. The summed E-state index contributed by atoms with van der Waals surface area (Å²) in [7, 11) is 0. The van der Waals surface area contributed by atoms with Gasteiger partial charge in [-0.3, -0.25) is 0 Å². The molecule has 0 unspecified atom stereocenters. The molecule has 1 aromatic heterocycles. The van der Waals surface area contributed by atoms with Crippen LogP contribution in [0.15, 0.2) is 35.7 Å². The summed E-state index contributed by atoms with van der Waals surface area (Å²) >= 11 is 1.52. The molecule has 0 aliphatic carbocycles. The van der Waals surface area contributed by atoms with Crippen molar-refractivity contribution in [3.05, 3.63) is 40.7 Å². The molecule has 0 atom stereocenters. The van der Waals surface area contributed by atoms with E-state index in [-0.39, 0.29) is 0 Å². The highest BCUT2D eigenvalue weighted by Crippen LogP contribution is 2.21. The molecule has 1 heterocycles. The van der Waals surface area contributed by atoms with E-state index < -0.39 is 11.7 Å². The molecule has 2 aromatic rings. The van der Waals surface area contributed by atoms with Gasteiger partial charge in [0.25, 0.3) is 0 Å². The van der Waals surface area contributed by atoms with E-state index in [1.54, 1.807) is 0 Å². The van der Waals surface area contributed by atoms with E-state index in [0.29, 0.717) is 6.54 Å². The van der Waals surface area contributed by atoms with Gasteiger partial charge in [0, 0.05) is 10.9 Å². The fraction of sp³-hybridized carbons (Fsp3) is 0.333. The molecule has 1 amide bonds. The topological polar surface area (TPSA) is 51.2 Å². The van der Waals surface area contributed by atoms with Crippen LogP contribution in [0, 0.1) is 0 Å². The van der Waals surface area contributed by atoms with Crippen LogP contribution in [0.4, 0.5) is 4.79 Å². The normalized spacial score (nSPS) is 11.2. The molecule has 1 N–H and O–H groups in total. The van der Waals surface area contributed by atoms with Gasteiger partial charge in [-0.25, -0.2) is 9.78 Å². The molecule has 0 aliphatic heterocycles. The average molecular weight is 290 g/mol. The Labute approximate surface area is 122 Å². The summed E-state index contributed by atoms with van der Waals surface area (Å²) in [4.78, 5) is 16.0. The number of alkyl carbamates (subject to hydrolysis) is 1. The Kier molecular flexibility index (Phi) is 4.39. The van der Waals surface area contributed by atoms with E-state index in [9.17, 15) is 4.79 Å². The van der Waals surface area contributed by atoms with Crippen LogP contribution in [0.5, 0.6) is 0 Å². The highest BCUT2D eigenvalue weighted by Gasteiger charge is 2.16. The molecule has 0 fully saturated rings. The molecular formula is C15H18N2O2S. The van der Waals surface area contributed by atoms with Crippen molar-refractivity contribution in [2.24, 2.45) is 0 Å². The second-order valence-corrected chi connectivity index (χ2v) is 6.29. The van der Waals surface area contributed by atoms with Gasteiger partial charge in [-0.05, 0) is 20.8 Å². The van der Waals surface area contributed by atoms with E-state index in [4.69, 9.17) is 4.74 Å². The maximum atomic E-state index is 11.6. The van der Waals surface area contributed by atoms with Crippen molar-refractivity contribution in [2.45, 2.75) is 32.9 Å². The monoisotopic (exact) mass is 290 g/mol. The molecular weight excluding hydrogens is 272 g/mol.